The van der Waals surface area contributed by atoms with Gasteiger partial charge in [-0.3, -0.25) is 0 Å². The molecule has 176 valence electrons. The molecule has 2 aromatic rings. The second kappa shape index (κ2) is 14.4. The van der Waals surface area contributed by atoms with Crippen molar-refractivity contribution in [1.29, 1.82) is 0 Å². The van der Waals surface area contributed by atoms with Gasteiger partial charge < -0.3 is 18.9 Å². The summed E-state index contributed by atoms with van der Waals surface area (Å²) in [6.45, 7) is 4.89. The van der Waals surface area contributed by atoms with Gasteiger partial charge in [0.05, 0.1) is 25.6 Å². The number of carbonyl (C=O) groups is 1. The first-order valence-electron chi connectivity index (χ1n) is 10.4. The zero-order valence-electron chi connectivity index (χ0n) is 19.0. The molecular formula is C25H26N4O5. The first-order valence-corrected chi connectivity index (χ1v) is 10.4. The molecule has 0 fully saturated rings. The minimum atomic E-state index is -0.620. The number of nitrogens with zero attached hydrogens (tertiary/aromatic N) is 2. The SMILES string of the molecule is C#CCOc1ccc(C=NNC(=O)NN=Cc2ccc(OCC#C)c(OCC)c2)cc1OCC. The number of hydrogen-bond donors (Lipinski definition) is 2. The van der Waals surface area contributed by atoms with Crippen LogP contribution in [0.15, 0.2) is 46.6 Å². The lowest BCUT2D eigenvalue weighted by molar-refractivity contribution is 0.242. The summed E-state index contributed by atoms with van der Waals surface area (Å²) in [5.41, 5.74) is 6.03. The number of nitrogens with one attached hydrogen (secondary N) is 2. The number of carbonyl (C=O) groups excluding carboxylic acids is 1. The maximum Gasteiger partial charge on any atom is 0.355 e. The molecule has 9 nitrogen and oxygen atoms in total. The van der Waals surface area contributed by atoms with Crippen LogP contribution >= 0.6 is 0 Å². The first-order chi connectivity index (χ1) is 16.6. The van der Waals surface area contributed by atoms with E-state index in [-0.39, 0.29) is 13.2 Å². The molecule has 2 rings (SSSR count). The average Bonchev–Trinajstić information content (AvgIpc) is 2.83. The summed E-state index contributed by atoms with van der Waals surface area (Å²) in [5.74, 6) is 6.91. The Morgan fingerprint density at radius 2 is 1.24 bits per heavy atom. The van der Waals surface area contributed by atoms with Gasteiger partial charge in [-0.2, -0.15) is 10.2 Å². The Kier molecular flexibility index (Phi) is 10.9. The predicted octanol–water partition coefficient (Wildman–Crippen LogP) is 3.18. The molecular weight excluding hydrogens is 436 g/mol. The standard InChI is InChI=1S/C25H26N4O5/c1-5-13-33-21-11-9-19(15-23(21)31-7-3)17-26-28-25(30)29-27-18-20-10-12-22(34-14-6-2)24(16-20)32-8-4/h1-2,9-12,15-18H,7-8,13-14H2,3-4H3,(H2,28,29,30). The van der Waals surface area contributed by atoms with Crippen LogP contribution in [0.1, 0.15) is 25.0 Å². The Bertz CT molecular complexity index is 1010. The number of benzene rings is 2. The number of urea groups is 1. The number of hydrogen-bond acceptors (Lipinski definition) is 7. The lowest BCUT2D eigenvalue weighted by atomic mass is 10.2. The van der Waals surface area contributed by atoms with Crippen molar-refractivity contribution in [2.45, 2.75) is 13.8 Å². The maximum absolute atomic E-state index is 11.9. The third-order valence-corrected chi connectivity index (χ3v) is 3.92. The number of hydrazone groups is 2. The van der Waals surface area contributed by atoms with Gasteiger partial charge in [-0.1, -0.05) is 11.8 Å². The fraction of sp³-hybridized carbons (Fsp3) is 0.240. The fourth-order valence-corrected chi connectivity index (χ4v) is 2.58. The minimum Gasteiger partial charge on any atom is -0.490 e. The van der Waals surface area contributed by atoms with Gasteiger partial charge in [-0.15, -0.1) is 12.8 Å². The summed E-state index contributed by atoms with van der Waals surface area (Å²) >= 11 is 0. The van der Waals surface area contributed by atoms with Crippen molar-refractivity contribution in [2.75, 3.05) is 26.4 Å². The van der Waals surface area contributed by atoms with Gasteiger partial charge in [0.1, 0.15) is 13.2 Å². The molecule has 0 unspecified atom stereocenters. The van der Waals surface area contributed by atoms with Crippen LogP contribution in [0.25, 0.3) is 0 Å². The molecule has 34 heavy (non-hydrogen) atoms. The molecule has 0 atom stereocenters. The normalized spacial score (nSPS) is 10.4. The van der Waals surface area contributed by atoms with Gasteiger partial charge in [0.15, 0.2) is 23.0 Å². The summed E-state index contributed by atoms with van der Waals surface area (Å²) in [6, 6.07) is 9.77. The van der Waals surface area contributed by atoms with Crippen LogP contribution in [0.3, 0.4) is 0 Å². The van der Waals surface area contributed by atoms with Crippen molar-refractivity contribution >= 4 is 18.5 Å². The van der Waals surface area contributed by atoms with Gasteiger partial charge in [0.25, 0.3) is 0 Å². The van der Waals surface area contributed by atoms with E-state index in [0.717, 1.165) is 0 Å². The van der Waals surface area contributed by atoms with Crippen molar-refractivity contribution in [3.05, 3.63) is 47.5 Å². The Hall–Kier alpha value is -4.63. The summed E-state index contributed by atoms with van der Waals surface area (Å²) in [6.07, 6.45) is 13.4. The zero-order valence-corrected chi connectivity index (χ0v) is 19.0. The average molecular weight is 463 g/mol. The third-order valence-electron chi connectivity index (χ3n) is 3.92. The minimum absolute atomic E-state index is 0.131. The molecule has 0 aliphatic rings. The lowest BCUT2D eigenvalue weighted by Gasteiger charge is -2.10. The summed E-state index contributed by atoms with van der Waals surface area (Å²) < 4.78 is 22.0. The molecule has 2 amide bonds. The highest BCUT2D eigenvalue weighted by Crippen LogP contribution is 2.28. The van der Waals surface area contributed by atoms with E-state index in [0.29, 0.717) is 47.3 Å². The summed E-state index contributed by atoms with van der Waals surface area (Å²) in [4.78, 5) is 11.9. The molecule has 0 aliphatic heterocycles. The van der Waals surface area contributed by atoms with E-state index in [1.165, 1.54) is 12.4 Å². The second-order valence-electron chi connectivity index (χ2n) is 6.33. The van der Waals surface area contributed by atoms with Crippen molar-refractivity contribution in [2.24, 2.45) is 10.2 Å². The van der Waals surface area contributed by atoms with Gasteiger partial charge in [-0.05, 0) is 61.4 Å². The largest absolute Gasteiger partial charge is 0.490 e. The first kappa shape index (κ1) is 25.6. The predicted molar refractivity (Wildman–Crippen MR) is 131 cm³/mol. The quantitative estimate of drug-likeness (QED) is 0.287. The van der Waals surface area contributed by atoms with Crippen LogP contribution in [0.4, 0.5) is 4.79 Å². The Morgan fingerprint density at radius 3 is 1.62 bits per heavy atom. The Morgan fingerprint density at radius 1 is 0.794 bits per heavy atom. The van der Waals surface area contributed by atoms with Gasteiger partial charge >= 0.3 is 6.03 Å². The van der Waals surface area contributed by atoms with E-state index in [4.69, 9.17) is 31.8 Å². The van der Waals surface area contributed by atoms with E-state index < -0.39 is 6.03 Å². The third kappa shape index (κ3) is 8.48. The van der Waals surface area contributed by atoms with Crippen molar-refractivity contribution < 1.29 is 23.7 Å². The Balaban J connectivity index is 1.93. The van der Waals surface area contributed by atoms with E-state index >= 15 is 0 Å². The summed E-state index contributed by atoms with van der Waals surface area (Å²) in [7, 11) is 0. The molecule has 0 aromatic heterocycles. The van der Waals surface area contributed by atoms with E-state index in [1.54, 1.807) is 36.4 Å². The molecule has 0 heterocycles. The molecule has 9 heteroatoms. The lowest BCUT2D eigenvalue weighted by Crippen LogP contribution is -2.28. The van der Waals surface area contributed by atoms with E-state index in [2.05, 4.69) is 32.9 Å². The molecule has 0 spiro atoms. The van der Waals surface area contributed by atoms with Crippen LogP contribution < -0.4 is 29.8 Å². The number of ether oxygens (including phenoxy) is 4. The van der Waals surface area contributed by atoms with Crippen LogP contribution in [-0.2, 0) is 0 Å². The highest BCUT2D eigenvalue weighted by Gasteiger charge is 2.07. The molecule has 0 saturated heterocycles. The smallest absolute Gasteiger partial charge is 0.355 e. The van der Waals surface area contributed by atoms with E-state index in [1.807, 2.05) is 13.8 Å². The summed E-state index contributed by atoms with van der Waals surface area (Å²) in [5, 5.41) is 7.79. The zero-order chi connectivity index (χ0) is 24.6. The van der Waals surface area contributed by atoms with Gasteiger partial charge in [0, 0.05) is 0 Å². The fourth-order valence-electron chi connectivity index (χ4n) is 2.58. The van der Waals surface area contributed by atoms with Crippen LogP contribution in [0.5, 0.6) is 23.0 Å². The van der Waals surface area contributed by atoms with Gasteiger partial charge in [-0.25, -0.2) is 15.6 Å². The maximum atomic E-state index is 11.9. The topological polar surface area (TPSA) is 103 Å². The van der Waals surface area contributed by atoms with Crippen molar-refractivity contribution in [3.8, 4) is 47.7 Å². The van der Waals surface area contributed by atoms with Crippen LogP contribution in [0.2, 0.25) is 0 Å². The molecule has 2 aromatic carbocycles. The monoisotopic (exact) mass is 462 g/mol. The highest BCUT2D eigenvalue weighted by molar-refractivity contribution is 5.84. The molecule has 0 radical (unpaired) electrons. The molecule has 2 N–H and O–H groups in total. The number of rotatable bonds is 12. The number of amides is 2. The molecule has 0 bridgehead atoms. The molecule has 0 aliphatic carbocycles. The van der Waals surface area contributed by atoms with Gasteiger partial charge in [0.2, 0.25) is 0 Å². The molecule has 0 saturated carbocycles. The van der Waals surface area contributed by atoms with Crippen molar-refractivity contribution in [3.63, 3.8) is 0 Å². The highest BCUT2D eigenvalue weighted by atomic mass is 16.5. The second-order valence-corrected chi connectivity index (χ2v) is 6.33. The van der Waals surface area contributed by atoms with E-state index in [9.17, 15) is 4.79 Å². The van der Waals surface area contributed by atoms with Crippen LogP contribution in [0, 0.1) is 24.7 Å². The van der Waals surface area contributed by atoms with Crippen LogP contribution in [-0.4, -0.2) is 44.9 Å². The Labute approximate surface area is 199 Å². The number of terminal acetylenes is 2. The van der Waals surface area contributed by atoms with Crippen molar-refractivity contribution in [1.82, 2.24) is 10.9 Å².